The SMILES string of the molecule is CCC(CC)C(CNC(=NC)NCCCc1nnc2n1CCCCC2)N1CCOCC1. The van der Waals surface area contributed by atoms with Gasteiger partial charge < -0.3 is 19.9 Å². The summed E-state index contributed by atoms with van der Waals surface area (Å²) >= 11 is 0. The van der Waals surface area contributed by atoms with Crippen molar-refractivity contribution in [2.24, 2.45) is 10.9 Å². The van der Waals surface area contributed by atoms with E-state index in [4.69, 9.17) is 4.74 Å². The zero-order chi connectivity index (χ0) is 21.9. The summed E-state index contributed by atoms with van der Waals surface area (Å²) in [6.07, 6.45) is 9.25. The Morgan fingerprint density at radius 3 is 2.61 bits per heavy atom. The molecule has 3 rings (SSSR count). The van der Waals surface area contributed by atoms with Crippen LogP contribution in [0.5, 0.6) is 0 Å². The monoisotopic (exact) mass is 433 g/mol. The lowest BCUT2D eigenvalue weighted by Gasteiger charge is -2.39. The van der Waals surface area contributed by atoms with Crippen molar-refractivity contribution in [2.45, 2.75) is 77.8 Å². The normalized spacial score (nSPS) is 19.2. The Morgan fingerprint density at radius 1 is 1.06 bits per heavy atom. The number of guanidine groups is 1. The molecule has 0 saturated carbocycles. The van der Waals surface area contributed by atoms with Gasteiger partial charge in [0.05, 0.1) is 13.2 Å². The lowest BCUT2D eigenvalue weighted by Crippen LogP contribution is -2.53. The molecule has 2 N–H and O–H groups in total. The highest BCUT2D eigenvalue weighted by Gasteiger charge is 2.27. The zero-order valence-corrected chi connectivity index (χ0v) is 19.9. The van der Waals surface area contributed by atoms with Gasteiger partial charge in [-0.2, -0.15) is 0 Å². The number of aliphatic imine (C=N–C) groups is 1. The summed E-state index contributed by atoms with van der Waals surface area (Å²) in [6.45, 7) is 11.2. The molecule has 1 aromatic heterocycles. The maximum Gasteiger partial charge on any atom is 0.191 e. The van der Waals surface area contributed by atoms with Crippen LogP contribution in [-0.4, -0.2) is 78.1 Å². The van der Waals surface area contributed by atoms with E-state index in [1.165, 1.54) is 37.9 Å². The van der Waals surface area contributed by atoms with Gasteiger partial charge in [-0.3, -0.25) is 9.89 Å². The predicted octanol–water partition coefficient (Wildman–Crippen LogP) is 2.24. The number of hydrogen-bond acceptors (Lipinski definition) is 5. The standard InChI is InChI=1S/C23H43N7O/c1-4-19(5-2)20(29-14-16-31-17-15-29)18-26-23(24-3)25-12-9-11-22-28-27-21-10-7-6-8-13-30(21)22/h19-20H,4-18H2,1-3H3,(H2,24,25,26). The minimum atomic E-state index is 0.518. The molecule has 8 nitrogen and oxygen atoms in total. The first-order valence-corrected chi connectivity index (χ1v) is 12.4. The van der Waals surface area contributed by atoms with E-state index in [-0.39, 0.29) is 0 Å². The number of fused-ring (bicyclic) bond motifs is 1. The van der Waals surface area contributed by atoms with Crippen molar-refractivity contribution >= 4 is 5.96 Å². The number of aromatic nitrogens is 3. The highest BCUT2D eigenvalue weighted by atomic mass is 16.5. The first kappa shape index (κ1) is 24.0. The molecule has 8 heteroatoms. The second-order valence-electron chi connectivity index (χ2n) is 8.77. The summed E-state index contributed by atoms with van der Waals surface area (Å²) < 4.78 is 7.92. The molecule has 176 valence electrons. The van der Waals surface area contributed by atoms with Crippen molar-refractivity contribution in [3.05, 3.63) is 11.6 Å². The van der Waals surface area contributed by atoms with Crippen LogP contribution >= 0.6 is 0 Å². The molecule has 1 fully saturated rings. The first-order chi connectivity index (χ1) is 15.3. The molecule has 31 heavy (non-hydrogen) atoms. The van der Waals surface area contributed by atoms with E-state index in [2.05, 4.69) is 49.1 Å². The van der Waals surface area contributed by atoms with Crippen LogP contribution in [0.2, 0.25) is 0 Å². The lowest BCUT2D eigenvalue weighted by atomic mass is 9.92. The molecule has 0 amide bonds. The van der Waals surface area contributed by atoms with Crippen molar-refractivity contribution in [1.82, 2.24) is 30.3 Å². The van der Waals surface area contributed by atoms with Crippen LogP contribution in [0, 0.1) is 5.92 Å². The zero-order valence-electron chi connectivity index (χ0n) is 19.9. The Kier molecular flexibility index (Phi) is 10.1. The van der Waals surface area contributed by atoms with Crippen LogP contribution in [0.15, 0.2) is 4.99 Å². The summed E-state index contributed by atoms with van der Waals surface area (Å²) in [5.74, 6) is 3.90. The summed E-state index contributed by atoms with van der Waals surface area (Å²) in [5.41, 5.74) is 0. The van der Waals surface area contributed by atoms with Gasteiger partial charge in [0, 0.05) is 58.7 Å². The molecular formula is C23H43N7O. The Labute approximate surface area is 188 Å². The van der Waals surface area contributed by atoms with Gasteiger partial charge >= 0.3 is 0 Å². The number of nitrogens with one attached hydrogen (secondary N) is 2. The molecule has 0 spiro atoms. The second-order valence-corrected chi connectivity index (χ2v) is 8.77. The third kappa shape index (κ3) is 6.91. The average Bonchev–Trinajstić information content (AvgIpc) is 3.03. The van der Waals surface area contributed by atoms with Crippen LogP contribution in [0.25, 0.3) is 0 Å². The highest BCUT2D eigenvalue weighted by Crippen LogP contribution is 2.19. The van der Waals surface area contributed by atoms with E-state index < -0.39 is 0 Å². The Bertz CT molecular complexity index is 665. The number of nitrogens with zero attached hydrogens (tertiary/aromatic N) is 5. The Balaban J connectivity index is 1.44. The van der Waals surface area contributed by atoms with Crippen molar-refractivity contribution in [2.75, 3.05) is 46.4 Å². The lowest BCUT2D eigenvalue weighted by molar-refractivity contribution is 0.00272. The largest absolute Gasteiger partial charge is 0.379 e. The minimum Gasteiger partial charge on any atom is -0.379 e. The van der Waals surface area contributed by atoms with Crippen molar-refractivity contribution < 1.29 is 4.74 Å². The fourth-order valence-corrected chi connectivity index (χ4v) is 4.94. The third-order valence-electron chi connectivity index (χ3n) is 6.87. The van der Waals surface area contributed by atoms with Crippen LogP contribution in [-0.2, 0) is 24.1 Å². The molecule has 3 heterocycles. The van der Waals surface area contributed by atoms with Crippen molar-refractivity contribution in [3.8, 4) is 0 Å². The third-order valence-corrected chi connectivity index (χ3v) is 6.87. The van der Waals surface area contributed by atoms with E-state index in [0.717, 1.165) is 77.0 Å². The quantitative estimate of drug-likeness (QED) is 0.335. The van der Waals surface area contributed by atoms with Crippen LogP contribution in [0.4, 0.5) is 0 Å². The number of morpholine rings is 1. The van der Waals surface area contributed by atoms with Crippen LogP contribution < -0.4 is 10.6 Å². The van der Waals surface area contributed by atoms with Crippen molar-refractivity contribution in [3.63, 3.8) is 0 Å². The van der Waals surface area contributed by atoms with E-state index in [9.17, 15) is 0 Å². The molecule has 0 aliphatic carbocycles. The minimum absolute atomic E-state index is 0.518. The molecule has 0 bridgehead atoms. The van der Waals surface area contributed by atoms with E-state index in [1.54, 1.807) is 0 Å². The Hall–Kier alpha value is -1.67. The second kappa shape index (κ2) is 13.0. The van der Waals surface area contributed by atoms with Crippen LogP contribution in [0.3, 0.4) is 0 Å². The Morgan fingerprint density at radius 2 is 1.87 bits per heavy atom. The molecule has 1 unspecified atom stereocenters. The van der Waals surface area contributed by atoms with Gasteiger partial charge in [0.15, 0.2) is 5.96 Å². The van der Waals surface area contributed by atoms with Gasteiger partial charge in [-0.15, -0.1) is 10.2 Å². The smallest absolute Gasteiger partial charge is 0.191 e. The molecular weight excluding hydrogens is 390 g/mol. The summed E-state index contributed by atoms with van der Waals surface area (Å²) in [4.78, 5) is 7.05. The van der Waals surface area contributed by atoms with E-state index in [0.29, 0.717) is 12.0 Å². The van der Waals surface area contributed by atoms with Gasteiger partial charge in [0.25, 0.3) is 0 Å². The molecule has 0 radical (unpaired) electrons. The fraction of sp³-hybridized carbons (Fsp3) is 0.870. The van der Waals surface area contributed by atoms with Gasteiger partial charge in [-0.1, -0.05) is 33.1 Å². The van der Waals surface area contributed by atoms with Gasteiger partial charge in [0.2, 0.25) is 0 Å². The number of ether oxygens (including phenoxy) is 1. The van der Waals surface area contributed by atoms with Gasteiger partial charge in [-0.05, 0) is 25.2 Å². The predicted molar refractivity (Wildman–Crippen MR) is 126 cm³/mol. The molecule has 0 aromatic carbocycles. The van der Waals surface area contributed by atoms with Crippen molar-refractivity contribution in [1.29, 1.82) is 0 Å². The molecule has 2 aliphatic rings. The topological polar surface area (TPSA) is 79.6 Å². The molecule has 1 atom stereocenters. The van der Waals surface area contributed by atoms with Crippen LogP contribution in [0.1, 0.15) is 64.0 Å². The molecule has 1 aromatic rings. The van der Waals surface area contributed by atoms with E-state index >= 15 is 0 Å². The number of aryl methyl sites for hydroxylation is 2. The average molecular weight is 434 g/mol. The number of hydrogen-bond donors (Lipinski definition) is 2. The highest BCUT2D eigenvalue weighted by molar-refractivity contribution is 5.79. The molecule has 1 saturated heterocycles. The number of rotatable bonds is 10. The maximum absolute atomic E-state index is 5.57. The summed E-state index contributed by atoms with van der Waals surface area (Å²) in [5, 5.41) is 16.0. The van der Waals surface area contributed by atoms with Gasteiger partial charge in [0.1, 0.15) is 11.6 Å². The fourth-order valence-electron chi connectivity index (χ4n) is 4.94. The summed E-state index contributed by atoms with van der Waals surface area (Å²) in [6, 6.07) is 0.518. The maximum atomic E-state index is 5.57. The summed E-state index contributed by atoms with van der Waals surface area (Å²) in [7, 11) is 1.86. The van der Waals surface area contributed by atoms with Gasteiger partial charge in [-0.25, -0.2) is 0 Å². The first-order valence-electron chi connectivity index (χ1n) is 12.4. The van der Waals surface area contributed by atoms with E-state index in [1.807, 2.05) is 7.05 Å². The molecule has 2 aliphatic heterocycles.